The molecule has 1 saturated carbocycles. The maximum Gasteiger partial charge on any atom is 0.228 e. The van der Waals surface area contributed by atoms with E-state index in [1.807, 2.05) is 0 Å². The molecule has 0 aromatic carbocycles. The van der Waals surface area contributed by atoms with E-state index in [0.717, 1.165) is 18.8 Å². The zero-order valence-electron chi connectivity index (χ0n) is 8.99. The minimum atomic E-state index is 0.131. The summed E-state index contributed by atoms with van der Waals surface area (Å²) in [6.45, 7) is 2.25. The molecule has 1 aliphatic carbocycles. The van der Waals surface area contributed by atoms with Crippen LogP contribution in [0.2, 0.25) is 0 Å². The number of aromatic amines is 1. The second-order valence-electron chi connectivity index (χ2n) is 4.42. The van der Waals surface area contributed by atoms with Gasteiger partial charge in [-0.25, -0.2) is 0 Å². The van der Waals surface area contributed by atoms with Gasteiger partial charge in [0.15, 0.2) is 0 Å². The van der Waals surface area contributed by atoms with Crippen LogP contribution in [0, 0.1) is 11.8 Å². The first-order valence-corrected chi connectivity index (χ1v) is 5.56. The molecule has 0 aliphatic heterocycles. The molecule has 0 atom stereocenters. The van der Waals surface area contributed by atoms with Crippen molar-refractivity contribution in [1.82, 2.24) is 10.2 Å². The predicted octanol–water partition coefficient (Wildman–Crippen LogP) is 2.17. The van der Waals surface area contributed by atoms with Gasteiger partial charge in [-0.1, -0.05) is 6.92 Å². The normalized spacial score (nSPS) is 26.2. The van der Waals surface area contributed by atoms with Crippen LogP contribution in [0.5, 0.6) is 0 Å². The summed E-state index contributed by atoms with van der Waals surface area (Å²) < 4.78 is 0. The first kappa shape index (κ1) is 10.2. The van der Waals surface area contributed by atoms with E-state index in [2.05, 4.69) is 22.4 Å². The van der Waals surface area contributed by atoms with Crippen molar-refractivity contribution in [2.45, 2.75) is 32.6 Å². The summed E-state index contributed by atoms with van der Waals surface area (Å²) in [5.41, 5.74) is 0. The first-order valence-electron chi connectivity index (χ1n) is 5.56. The maximum absolute atomic E-state index is 11.8. The number of carbonyl (C=O) groups excluding carboxylic acids is 1. The molecule has 4 heteroatoms. The molecule has 1 aromatic rings. The van der Waals surface area contributed by atoms with Crippen LogP contribution in [0.3, 0.4) is 0 Å². The zero-order chi connectivity index (χ0) is 10.7. The fourth-order valence-electron chi connectivity index (χ4n) is 2.08. The topological polar surface area (TPSA) is 57.8 Å². The van der Waals surface area contributed by atoms with Crippen molar-refractivity contribution in [1.29, 1.82) is 0 Å². The van der Waals surface area contributed by atoms with E-state index >= 15 is 0 Å². The molecule has 1 aliphatic rings. The van der Waals surface area contributed by atoms with Crippen LogP contribution >= 0.6 is 0 Å². The number of hydrogen-bond donors (Lipinski definition) is 2. The quantitative estimate of drug-likeness (QED) is 0.780. The minimum Gasteiger partial charge on any atom is -0.311 e. The van der Waals surface area contributed by atoms with E-state index in [1.54, 1.807) is 12.3 Å². The molecule has 0 saturated heterocycles. The van der Waals surface area contributed by atoms with Crippen LogP contribution in [0.4, 0.5) is 5.82 Å². The lowest BCUT2D eigenvalue weighted by atomic mass is 9.82. The Morgan fingerprint density at radius 3 is 2.80 bits per heavy atom. The molecular formula is C11H17N3O. The van der Waals surface area contributed by atoms with Gasteiger partial charge in [0.2, 0.25) is 5.91 Å². The molecular weight excluding hydrogens is 190 g/mol. The Labute approximate surface area is 89.5 Å². The van der Waals surface area contributed by atoms with Gasteiger partial charge < -0.3 is 5.32 Å². The third-order valence-corrected chi connectivity index (χ3v) is 3.15. The van der Waals surface area contributed by atoms with Crippen molar-refractivity contribution in [3.63, 3.8) is 0 Å². The number of hydrogen-bond acceptors (Lipinski definition) is 2. The predicted molar refractivity (Wildman–Crippen MR) is 58.3 cm³/mol. The Bertz CT molecular complexity index is 313. The number of amides is 1. The number of nitrogens with zero attached hydrogens (tertiary/aromatic N) is 1. The van der Waals surface area contributed by atoms with Crippen molar-refractivity contribution in [2.24, 2.45) is 11.8 Å². The third-order valence-electron chi connectivity index (χ3n) is 3.15. The molecule has 2 N–H and O–H groups in total. The van der Waals surface area contributed by atoms with Gasteiger partial charge in [-0.3, -0.25) is 9.89 Å². The molecule has 1 heterocycles. The highest BCUT2D eigenvalue weighted by molar-refractivity contribution is 5.91. The van der Waals surface area contributed by atoms with Crippen molar-refractivity contribution in [2.75, 3.05) is 5.32 Å². The summed E-state index contributed by atoms with van der Waals surface area (Å²) in [5, 5.41) is 9.38. The fourth-order valence-corrected chi connectivity index (χ4v) is 2.08. The zero-order valence-corrected chi connectivity index (χ0v) is 8.99. The number of carbonyl (C=O) groups is 1. The highest BCUT2D eigenvalue weighted by Gasteiger charge is 2.24. The van der Waals surface area contributed by atoms with Crippen LogP contribution in [0.25, 0.3) is 0 Å². The van der Waals surface area contributed by atoms with Crippen molar-refractivity contribution >= 4 is 11.7 Å². The Hall–Kier alpha value is -1.32. The Balaban J connectivity index is 1.86. The monoisotopic (exact) mass is 207 g/mol. The summed E-state index contributed by atoms with van der Waals surface area (Å²) >= 11 is 0. The summed E-state index contributed by atoms with van der Waals surface area (Å²) in [6, 6.07) is 1.77. The largest absolute Gasteiger partial charge is 0.311 e. The Morgan fingerprint density at radius 2 is 2.20 bits per heavy atom. The van der Waals surface area contributed by atoms with E-state index in [4.69, 9.17) is 0 Å². The van der Waals surface area contributed by atoms with Gasteiger partial charge in [-0.05, 0) is 31.6 Å². The van der Waals surface area contributed by atoms with E-state index in [-0.39, 0.29) is 11.8 Å². The lowest BCUT2D eigenvalue weighted by Gasteiger charge is -2.24. The average Bonchev–Trinajstić information content (AvgIpc) is 2.71. The van der Waals surface area contributed by atoms with Gasteiger partial charge in [0.25, 0.3) is 0 Å². The third kappa shape index (κ3) is 2.58. The molecule has 1 amide bonds. The van der Waals surface area contributed by atoms with Gasteiger partial charge in [-0.2, -0.15) is 5.10 Å². The Kier molecular flexibility index (Phi) is 3.04. The van der Waals surface area contributed by atoms with Crippen molar-refractivity contribution in [3.8, 4) is 0 Å². The van der Waals surface area contributed by atoms with Crippen LogP contribution < -0.4 is 5.32 Å². The second kappa shape index (κ2) is 4.47. The van der Waals surface area contributed by atoms with E-state index < -0.39 is 0 Å². The molecule has 4 nitrogen and oxygen atoms in total. The Morgan fingerprint density at radius 1 is 1.47 bits per heavy atom. The lowest BCUT2D eigenvalue weighted by Crippen LogP contribution is -2.26. The standard InChI is InChI=1S/C11H17N3O/c1-8-2-4-9(5-3-8)11(15)13-10-6-7-12-14-10/h6-9H,2-5H2,1H3,(H2,12,13,14,15). The first-order chi connectivity index (χ1) is 7.25. The summed E-state index contributed by atoms with van der Waals surface area (Å²) in [7, 11) is 0. The summed E-state index contributed by atoms with van der Waals surface area (Å²) in [6.07, 6.45) is 6.00. The van der Waals surface area contributed by atoms with Crippen LogP contribution in [0.15, 0.2) is 12.3 Å². The summed E-state index contributed by atoms with van der Waals surface area (Å²) in [4.78, 5) is 11.8. The second-order valence-corrected chi connectivity index (χ2v) is 4.42. The number of rotatable bonds is 2. The molecule has 0 unspecified atom stereocenters. The fraction of sp³-hybridized carbons (Fsp3) is 0.636. The number of nitrogens with one attached hydrogen (secondary N) is 2. The van der Waals surface area contributed by atoms with Crippen LogP contribution in [-0.4, -0.2) is 16.1 Å². The summed E-state index contributed by atoms with van der Waals surface area (Å²) in [5.74, 6) is 1.79. The molecule has 1 fully saturated rings. The molecule has 82 valence electrons. The van der Waals surface area contributed by atoms with Gasteiger partial charge in [0, 0.05) is 12.0 Å². The molecule has 2 rings (SSSR count). The number of H-pyrrole nitrogens is 1. The number of aromatic nitrogens is 2. The number of anilines is 1. The van der Waals surface area contributed by atoms with Gasteiger partial charge in [-0.15, -0.1) is 0 Å². The van der Waals surface area contributed by atoms with Crippen molar-refractivity contribution in [3.05, 3.63) is 12.3 Å². The van der Waals surface area contributed by atoms with E-state index in [9.17, 15) is 4.79 Å². The average molecular weight is 207 g/mol. The molecule has 1 aromatic heterocycles. The molecule has 0 spiro atoms. The molecule has 15 heavy (non-hydrogen) atoms. The SMILES string of the molecule is CC1CCC(C(=O)Nc2ccn[nH]2)CC1. The van der Waals surface area contributed by atoms with Gasteiger partial charge in [0.05, 0.1) is 6.20 Å². The molecule has 0 radical (unpaired) electrons. The van der Waals surface area contributed by atoms with E-state index in [1.165, 1.54) is 12.8 Å². The smallest absolute Gasteiger partial charge is 0.228 e. The highest BCUT2D eigenvalue weighted by Crippen LogP contribution is 2.28. The molecule has 0 bridgehead atoms. The lowest BCUT2D eigenvalue weighted by molar-refractivity contribution is -0.121. The highest BCUT2D eigenvalue weighted by atomic mass is 16.1. The van der Waals surface area contributed by atoms with Gasteiger partial charge in [0.1, 0.15) is 5.82 Å². The minimum absolute atomic E-state index is 0.131. The van der Waals surface area contributed by atoms with Crippen molar-refractivity contribution < 1.29 is 4.79 Å². The van der Waals surface area contributed by atoms with Crippen LogP contribution in [-0.2, 0) is 4.79 Å². The van der Waals surface area contributed by atoms with E-state index in [0.29, 0.717) is 5.82 Å². The van der Waals surface area contributed by atoms with Gasteiger partial charge >= 0.3 is 0 Å². The maximum atomic E-state index is 11.8. The van der Waals surface area contributed by atoms with Crippen LogP contribution in [0.1, 0.15) is 32.6 Å².